The van der Waals surface area contributed by atoms with Crippen LogP contribution in [0.1, 0.15) is 16.8 Å². The Kier molecular flexibility index (Phi) is 2.38. The lowest BCUT2D eigenvalue weighted by molar-refractivity contribution is 0.0602. The minimum atomic E-state index is -1.50. The first-order valence-corrected chi connectivity index (χ1v) is 6.95. The first-order valence-electron chi connectivity index (χ1n) is 6.95. The molecule has 0 amide bonds. The van der Waals surface area contributed by atoms with Gasteiger partial charge in [-0.1, -0.05) is 18.2 Å². The summed E-state index contributed by atoms with van der Waals surface area (Å²) in [6.45, 7) is 0.582. The molecule has 5 nitrogen and oxygen atoms in total. The van der Waals surface area contributed by atoms with E-state index in [9.17, 15) is 9.90 Å². The highest BCUT2D eigenvalue weighted by molar-refractivity contribution is 6.28. The summed E-state index contributed by atoms with van der Waals surface area (Å²) in [6.07, 6.45) is 2.16. The number of benzene rings is 1. The molecule has 0 aliphatic carbocycles. The van der Waals surface area contributed by atoms with Gasteiger partial charge in [-0.15, -0.1) is 0 Å². The molecule has 1 N–H and O–H groups in total. The molecule has 1 aromatic carbocycles. The number of hydrogen-bond acceptors (Lipinski definition) is 4. The lowest BCUT2D eigenvalue weighted by atomic mass is 9.90. The Bertz CT molecular complexity index is 763. The van der Waals surface area contributed by atoms with E-state index < -0.39 is 5.60 Å². The number of nitrogens with zero attached hydrogens (tertiary/aromatic N) is 3. The van der Waals surface area contributed by atoms with Crippen LogP contribution in [-0.4, -0.2) is 33.4 Å². The molecule has 1 fully saturated rings. The van der Waals surface area contributed by atoms with E-state index >= 15 is 0 Å². The molecule has 0 bridgehead atoms. The zero-order valence-corrected chi connectivity index (χ0v) is 11.7. The average Bonchev–Trinajstić information content (AvgIpc) is 3.03. The first-order chi connectivity index (χ1) is 10.1. The molecule has 4 rings (SSSR count). The van der Waals surface area contributed by atoms with Gasteiger partial charge in [0, 0.05) is 31.9 Å². The van der Waals surface area contributed by atoms with Gasteiger partial charge in [0.05, 0.1) is 5.56 Å². The number of carbonyl (C=O) groups excluding carboxylic acids is 1. The summed E-state index contributed by atoms with van der Waals surface area (Å²) in [4.78, 5) is 19.1. The van der Waals surface area contributed by atoms with E-state index in [1.807, 2.05) is 42.3 Å². The summed E-state index contributed by atoms with van der Waals surface area (Å²) >= 11 is 0. The number of rotatable bonds is 1. The number of para-hydroxylation sites is 1. The Morgan fingerprint density at radius 1 is 1.24 bits per heavy atom. The van der Waals surface area contributed by atoms with Crippen LogP contribution < -0.4 is 4.90 Å². The highest BCUT2D eigenvalue weighted by atomic mass is 16.3. The minimum absolute atomic E-state index is 0.249. The van der Waals surface area contributed by atoms with Gasteiger partial charge in [0.1, 0.15) is 5.82 Å². The Morgan fingerprint density at radius 3 is 2.76 bits per heavy atom. The van der Waals surface area contributed by atoms with Crippen molar-refractivity contribution in [3.63, 3.8) is 0 Å². The van der Waals surface area contributed by atoms with Crippen LogP contribution in [0.5, 0.6) is 0 Å². The predicted molar refractivity (Wildman–Crippen MR) is 80.2 cm³/mol. The van der Waals surface area contributed by atoms with Gasteiger partial charge in [-0.2, -0.15) is 0 Å². The topological polar surface area (TPSA) is 57.8 Å². The van der Waals surface area contributed by atoms with E-state index in [1.54, 1.807) is 16.8 Å². The molecule has 106 valence electrons. The number of aliphatic imine (C=N–C) groups is 1. The van der Waals surface area contributed by atoms with E-state index in [4.69, 9.17) is 0 Å². The summed E-state index contributed by atoms with van der Waals surface area (Å²) in [5.41, 5.74) is -0.0548. The van der Waals surface area contributed by atoms with Crippen LogP contribution in [0.25, 0.3) is 0 Å². The average molecular weight is 281 g/mol. The van der Waals surface area contributed by atoms with Crippen molar-refractivity contribution >= 4 is 23.1 Å². The van der Waals surface area contributed by atoms with E-state index in [2.05, 4.69) is 4.99 Å². The van der Waals surface area contributed by atoms with Crippen molar-refractivity contribution in [2.24, 2.45) is 12.0 Å². The fourth-order valence-corrected chi connectivity index (χ4v) is 3.10. The van der Waals surface area contributed by atoms with E-state index in [0.29, 0.717) is 30.2 Å². The second-order valence-corrected chi connectivity index (χ2v) is 5.53. The maximum atomic E-state index is 12.6. The Labute approximate surface area is 122 Å². The largest absolute Gasteiger partial charge is 0.374 e. The highest BCUT2D eigenvalue weighted by Crippen LogP contribution is 2.39. The summed E-state index contributed by atoms with van der Waals surface area (Å²) in [5, 5.41) is 10.8. The number of amidine groups is 1. The van der Waals surface area contributed by atoms with Crippen molar-refractivity contribution in [2.75, 3.05) is 11.4 Å². The van der Waals surface area contributed by atoms with E-state index in [1.165, 1.54) is 0 Å². The normalized spacial score (nSPS) is 23.8. The van der Waals surface area contributed by atoms with Crippen molar-refractivity contribution < 1.29 is 9.90 Å². The lowest BCUT2D eigenvalue weighted by Gasteiger charge is -2.28. The first kappa shape index (κ1) is 12.3. The number of carbonyl (C=O) groups is 1. The maximum Gasteiger partial charge on any atom is 0.205 e. The van der Waals surface area contributed by atoms with Crippen LogP contribution in [-0.2, 0) is 7.05 Å². The summed E-state index contributed by atoms with van der Waals surface area (Å²) in [5.74, 6) is 0.803. The molecule has 2 aliphatic rings. The molecule has 0 radical (unpaired) electrons. The number of aromatic nitrogens is 1. The highest BCUT2D eigenvalue weighted by Gasteiger charge is 2.52. The van der Waals surface area contributed by atoms with Gasteiger partial charge < -0.3 is 14.6 Å². The summed E-state index contributed by atoms with van der Waals surface area (Å²) < 4.78 is 1.81. The third-order valence-corrected chi connectivity index (χ3v) is 4.26. The van der Waals surface area contributed by atoms with Gasteiger partial charge in [0.15, 0.2) is 11.4 Å². The van der Waals surface area contributed by atoms with Crippen LogP contribution in [0.2, 0.25) is 0 Å². The Morgan fingerprint density at radius 2 is 2.00 bits per heavy atom. The van der Waals surface area contributed by atoms with Crippen molar-refractivity contribution in [1.82, 2.24) is 4.57 Å². The Hall–Kier alpha value is -2.40. The molecule has 1 atom stereocenters. The van der Waals surface area contributed by atoms with Crippen LogP contribution in [0.15, 0.2) is 47.6 Å². The number of aryl methyl sites for hydroxylation is 1. The molecule has 1 saturated heterocycles. The molecule has 2 aliphatic heterocycles. The molecule has 2 aromatic rings. The molecule has 21 heavy (non-hydrogen) atoms. The number of fused-ring (bicyclic) bond motifs is 2. The van der Waals surface area contributed by atoms with Crippen LogP contribution in [0.4, 0.5) is 11.5 Å². The fourth-order valence-electron chi connectivity index (χ4n) is 3.10. The van der Waals surface area contributed by atoms with Crippen molar-refractivity contribution in [3.8, 4) is 0 Å². The van der Waals surface area contributed by atoms with Gasteiger partial charge in [0.25, 0.3) is 0 Å². The van der Waals surface area contributed by atoms with Gasteiger partial charge >= 0.3 is 0 Å². The zero-order chi connectivity index (χ0) is 14.6. The number of hydrogen-bond donors (Lipinski definition) is 1. The molecular weight excluding hydrogens is 266 g/mol. The fraction of sp³-hybridized carbons (Fsp3) is 0.250. The molecule has 3 heterocycles. The smallest absolute Gasteiger partial charge is 0.205 e. The molecule has 1 aromatic heterocycles. The Balaban J connectivity index is 1.89. The predicted octanol–water partition coefficient (Wildman–Crippen LogP) is 1.89. The molecule has 5 heteroatoms. The summed E-state index contributed by atoms with van der Waals surface area (Å²) in [7, 11) is 1.85. The maximum absolute atomic E-state index is 12.6. The van der Waals surface area contributed by atoms with E-state index in [-0.39, 0.29) is 5.78 Å². The molecule has 0 spiro atoms. The number of Topliss-reactive ketones (excluding diaryl/α,β-unsaturated/α-hetero) is 1. The number of ketones is 1. The van der Waals surface area contributed by atoms with Crippen LogP contribution in [0, 0.1) is 0 Å². The van der Waals surface area contributed by atoms with Gasteiger partial charge in [-0.05, 0) is 18.2 Å². The second-order valence-electron chi connectivity index (χ2n) is 5.53. The van der Waals surface area contributed by atoms with Crippen molar-refractivity contribution in [3.05, 3.63) is 48.2 Å². The van der Waals surface area contributed by atoms with Crippen molar-refractivity contribution in [1.29, 1.82) is 0 Å². The third-order valence-electron chi connectivity index (χ3n) is 4.26. The van der Waals surface area contributed by atoms with Gasteiger partial charge in [0.2, 0.25) is 5.78 Å². The zero-order valence-electron chi connectivity index (χ0n) is 11.7. The monoisotopic (exact) mass is 281 g/mol. The SMILES string of the molecule is Cn1ccc2c1N=C1N(c3ccccc3)CCC1(O)C2=O. The van der Waals surface area contributed by atoms with Crippen LogP contribution in [0.3, 0.4) is 0 Å². The van der Waals surface area contributed by atoms with Crippen LogP contribution >= 0.6 is 0 Å². The molecule has 1 unspecified atom stereocenters. The quantitative estimate of drug-likeness (QED) is 0.868. The molecule has 0 saturated carbocycles. The number of aliphatic hydroxyl groups is 1. The van der Waals surface area contributed by atoms with E-state index in [0.717, 1.165) is 5.69 Å². The number of anilines is 1. The lowest BCUT2D eigenvalue weighted by Crippen LogP contribution is -2.48. The van der Waals surface area contributed by atoms with Gasteiger partial charge in [-0.3, -0.25) is 4.79 Å². The summed E-state index contributed by atoms with van der Waals surface area (Å²) in [6, 6.07) is 11.5. The second kappa shape index (κ2) is 4.05. The standard InChI is InChI=1S/C16H15N3O2/c1-18-9-7-12-13(20)16(21)8-10-19(15(16)17-14(12)18)11-5-3-2-4-6-11/h2-7,9,21H,8,10H2,1H3. The minimum Gasteiger partial charge on any atom is -0.374 e. The van der Waals surface area contributed by atoms with Gasteiger partial charge in [-0.25, -0.2) is 4.99 Å². The molecular formula is C16H15N3O2. The third kappa shape index (κ3) is 1.55. The van der Waals surface area contributed by atoms with Crippen molar-refractivity contribution in [2.45, 2.75) is 12.0 Å².